The number of amides is 2. The van der Waals surface area contributed by atoms with Gasteiger partial charge in [-0.2, -0.15) is 0 Å². The van der Waals surface area contributed by atoms with Crippen molar-refractivity contribution in [3.8, 4) is 0 Å². The summed E-state index contributed by atoms with van der Waals surface area (Å²) in [5, 5.41) is 8.35. The lowest BCUT2D eigenvalue weighted by molar-refractivity contribution is -0.122. The zero-order chi connectivity index (χ0) is 11.7. The minimum atomic E-state index is -0.0408. The van der Waals surface area contributed by atoms with Crippen molar-refractivity contribution in [3.63, 3.8) is 0 Å². The van der Waals surface area contributed by atoms with E-state index in [-0.39, 0.29) is 24.4 Å². The smallest absolute Gasteiger partial charge is 0.234 e. The van der Waals surface area contributed by atoms with E-state index in [0.29, 0.717) is 19.5 Å². The van der Waals surface area contributed by atoms with Gasteiger partial charge in [0.15, 0.2) is 0 Å². The van der Waals surface area contributed by atoms with E-state index in [1.165, 1.54) is 0 Å². The summed E-state index contributed by atoms with van der Waals surface area (Å²) in [5.74, 6) is -0.0323. The van der Waals surface area contributed by atoms with Crippen LogP contribution in [-0.4, -0.2) is 37.5 Å². The Morgan fingerprint density at radius 3 is 2.40 bits per heavy atom. The molecule has 0 aromatic carbocycles. The van der Waals surface area contributed by atoms with Crippen molar-refractivity contribution in [3.05, 3.63) is 0 Å². The van der Waals surface area contributed by atoms with Gasteiger partial charge in [0.05, 0.1) is 6.54 Å². The van der Waals surface area contributed by atoms with Crippen LogP contribution in [0.4, 0.5) is 0 Å². The molecule has 0 aliphatic carbocycles. The van der Waals surface area contributed by atoms with E-state index >= 15 is 0 Å². The van der Waals surface area contributed by atoms with Crippen LogP contribution in [-0.2, 0) is 9.59 Å². The first-order chi connectivity index (χ1) is 7.06. The topological polar surface area (TPSA) is 70.2 Å². The highest BCUT2D eigenvalue weighted by atomic mass is 16.2. The molecule has 3 N–H and O–H groups in total. The third-order valence-electron chi connectivity index (χ3n) is 1.64. The first-order valence-electron chi connectivity index (χ1n) is 5.33. The molecule has 88 valence electrons. The van der Waals surface area contributed by atoms with E-state index in [4.69, 9.17) is 0 Å². The van der Waals surface area contributed by atoms with Crippen molar-refractivity contribution in [1.29, 1.82) is 0 Å². The SMILES string of the molecule is CCNC(=O)CCNCC(=O)NC(C)C. The monoisotopic (exact) mass is 215 g/mol. The summed E-state index contributed by atoms with van der Waals surface area (Å²) in [5.41, 5.74) is 0. The molecule has 5 heteroatoms. The molecule has 0 unspecified atom stereocenters. The first kappa shape index (κ1) is 13.9. The Hall–Kier alpha value is -1.10. The molecule has 0 atom stereocenters. The Labute approximate surface area is 91.0 Å². The second kappa shape index (κ2) is 8.23. The van der Waals surface area contributed by atoms with Crippen molar-refractivity contribution in [2.45, 2.75) is 33.2 Å². The van der Waals surface area contributed by atoms with Gasteiger partial charge in [-0.05, 0) is 20.8 Å². The van der Waals surface area contributed by atoms with Crippen molar-refractivity contribution in [2.24, 2.45) is 0 Å². The van der Waals surface area contributed by atoms with Gasteiger partial charge in [-0.1, -0.05) is 0 Å². The minimum absolute atomic E-state index is 0.00858. The van der Waals surface area contributed by atoms with Crippen LogP contribution in [0.15, 0.2) is 0 Å². The maximum atomic E-state index is 11.1. The van der Waals surface area contributed by atoms with E-state index in [9.17, 15) is 9.59 Å². The maximum absolute atomic E-state index is 11.1. The molecule has 0 fully saturated rings. The highest BCUT2D eigenvalue weighted by Gasteiger charge is 2.03. The molecule has 5 nitrogen and oxygen atoms in total. The molecule has 0 spiro atoms. The molecular weight excluding hydrogens is 194 g/mol. The molecule has 0 rings (SSSR count). The van der Waals surface area contributed by atoms with Gasteiger partial charge >= 0.3 is 0 Å². The van der Waals surface area contributed by atoms with Gasteiger partial charge in [0.2, 0.25) is 11.8 Å². The van der Waals surface area contributed by atoms with Crippen LogP contribution in [0.2, 0.25) is 0 Å². The van der Waals surface area contributed by atoms with Crippen LogP contribution >= 0.6 is 0 Å². The van der Waals surface area contributed by atoms with E-state index in [1.807, 2.05) is 20.8 Å². The van der Waals surface area contributed by atoms with Gasteiger partial charge in [-0.25, -0.2) is 0 Å². The van der Waals surface area contributed by atoms with Gasteiger partial charge in [-0.15, -0.1) is 0 Å². The molecule has 15 heavy (non-hydrogen) atoms. The third kappa shape index (κ3) is 9.21. The summed E-state index contributed by atoms with van der Waals surface area (Å²) < 4.78 is 0. The predicted molar refractivity (Wildman–Crippen MR) is 59.4 cm³/mol. The Bertz CT molecular complexity index is 205. The molecule has 0 aliphatic heterocycles. The van der Waals surface area contributed by atoms with E-state index < -0.39 is 0 Å². The molecule has 0 aliphatic rings. The summed E-state index contributed by atoms with van der Waals surface area (Å²) in [7, 11) is 0. The molecule has 0 bridgehead atoms. The van der Waals surface area contributed by atoms with Gasteiger partial charge < -0.3 is 16.0 Å². The van der Waals surface area contributed by atoms with Crippen molar-refractivity contribution in [2.75, 3.05) is 19.6 Å². The molecule has 0 radical (unpaired) electrons. The number of carbonyl (C=O) groups excluding carboxylic acids is 2. The highest BCUT2D eigenvalue weighted by Crippen LogP contribution is 1.78. The van der Waals surface area contributed by atoms with Crippen molar-refractivity contribution < 1.29 is 9.59 Å². The lowest BCUT2D eigenvalue weighted by Crippen LogP contribution is -2.38. The highest BCUT2D eigenvalue weighted by molar-refractivity contribution is 5.78. The number of carbonyl (C=O) groups is 2. The molecule has 0 saturated carbocycles. The van der Waals surface area contributed by atoms with E-state index in [0.717, 1.165) is 0 Å². The lowest BCUT2D eigenvalue weighted by atomic mass is 10.3. The average Bonchev–Trinajstić information content (AvgIpc) is 2.12. The first-order valence-corrected chi connectivity index (χ1v) is 5.33. The molecular formula is C10H21N3O2. The minimum Gasteiger partial charge on any atom is -0.356 e. The fourth-order valence-corrected chi connectivity index (χ4v) is 1.06. The van der Waals surface area contributed by atoms with Crippen molar-refractivity contribution >= 4 is 11.8 Å². The summed E-state index contributed by atoms with van der Waals surface area (Å²) in [6, 6.07) is 0.155. The maximum Gasteiger partial charge on any atom is 0.234 e. The molecule has 0 aromatic rings. The largest absolute Gasteiger partial charge is 0.356 e. The standard InChI is InChI=1S/C10H21N3O2/c1-4-12-9(14)5-6-11-7-10(15)13-8(2)3/h8,11H,4-7H2,1-3H3,(H,12,14)(H,13,15). The summed E-state index contributed by atoms with van der Waals surface area (Å²) >= 11 is 0. The Morgan fingerprint density at radius 1 is 1.20 bits per heavy atom. The fourth-order valence-electron chi connectivity index (χ4n) is 1.06. The van der Waals surface area contributed by atoms with Gasteiger partial charge in [0.1, 0.15) is 0 Å². The van der Waals surface area contributed by atoms with Crippen LogP contribution in [0.5, 0.6) is 0 Å². The third-order valence-corrected chi connectivity index (χ3v) is 1.64. The van der Waals surface area contributed by atoms with E-state index in [1.54, 1.807) is 0 Å². The van der Waals surface area contributed by atoms with Gasteiger partial charge in [-0.3, -0.25) is 9.59 Å². The number of nitrogens with one attached hydrogen (secondary N) is 3. The van der Waals surface area contributed by atoms with Gasteiger partial charge in [0.25, 0.3) is 0 Å². The predicted octanol–water partition coefficient (Wildman–Crippen LogP) is -0.373. The Morgan fingerprint density at radius 2 is 1.87 bits per heavy atom. The van der Waals surface area contributed by atoms with Crippen LogP contribution in [0, 0.1) is 0 Å². The second-order valence-corrected chi connectivity index (χ2v) is 3.60. The summed E-state index contributed by atoms with van der Waals surface area (Å²) in [6.07, 6.45) is 0.406. The average molecular weight is 215 g/mol. The van der Waals surface area contributed by atoms with Crippen LogP contribution < -0.4 is 16.0 Å². The van der Waals surface area contributed by atoms with Crippen LogP contribution in [0.1, 0.15) is 27.2 Å². The zero-order valence-corrected chi connectivity index (χ0v) is 9.72. The van der Waals surface area contributed by atoms with E-state index in [2.05, 4.69) is 16.0 Å². The summed E-state index contributed by atoms with van der Waals surface area (Å²) in [4.78, 5) is 22.2. The fraction of sp³-hybridized carbons (Fsp3) is 0.800. The Balaban J connectivity index is 3.38. The Kier molecular flexibility index (Phi) is 7.62. The number of hydrogen-bond donors (Lipinski definition) is 3. The number of rotatable bonds is 7. The normalized spacial score (nSPS) is 10.1. The molecule has 2 amide bonds. The molecule has 0 heterocycles. The molecule has 0 saturated heterocycles. The summed E-state index contributed by atoms with van der Waals surface area (Å²) in [6.45, 7) is 7.13. The molecule has 0 aromatic heterocycles. The lowest BCUT2D eigenvalue weighted by Gasteiger charge is -2.08. The van der Waals surface area contributed by atoms with Gasteiger partial charge in [0, 0.05) is 25.6 Å². The second-order valence-electron chi connectivity index (χ2n) is 3.60. The quantitative estimate of drug-likeness (QED) is 0.507. The van der Waals surface area contributed by atoms with Crippen molar-refractivity contribution in [1.82, 2.24) is 16.0 Å². The van der Waals surface area contributed by atoms with Crippen LogP contribution in [0.25, 0.3) is 0 Å². The zero-order valence-electron chi connectivity index (χ0n) is 9.72. The van der Waals surface area contributed by atoms with Crippen LogP contribution in [0.3, 0.4) is 0 Å². The number of hydrogen-bond acceptors (Lipinski definition) is 3.